The lowest BCUT2D eigenvalue weighted by Gasteiger charge is -1.88. The van der Waals surface area contributed by atoms with Crippen LogP contribution in [-0.4, -0.2) is 25.1 Å². The Morgan fingerprint density at radius 1 is 1.50 bits per heavy atom. The summed E-state index contributed by atoms with van der Waals surface area (Å²) in [6.45, 7) is 3.79. The number of alkyl halides is 1. The van der Waals surface area contributed by atoms with Crippen LogP contribution in [0.2, 0.25) is 0 Å². The summed E-state index contributed by atoms with van der Waals surface area (Å²) in [5.74, 6) is 0. The highest BCUT2D eigenvalue weighted by molar-refractivity contribution is 4.30. The molecule has 0 spiro atoms. The third-order valence-electron chi connectivity index (χ3n) is 0.383. The zero-order valence-electron chi connectivity index (χ0n) is 5.45. The molecular formula is C5H14FNO. The molecule has 0 atom stereocenters. The Bertz CT molecular complexity index is 24.4. The van der Waals surface area contributed by atoms with Crippen molar-refractivity contribution in [3.63, 3.8) is 0 Å². The predicted molar refractivity (Wildman–Crippen MR) is 32.4 cm³/mol. The quantitative estimate of drug-likeness (QED) is 0.423. The molecule has 0 aromatic carbocycles. The molecule has 0 aliphatic carbocycles. The zero-order valence-corrected chi connectivity index (χ0v) is 5.45. The molecule has 0 bridgehead atoms. The number of rotatable bonds is 3. The number of halogens is 1. The van der Waals surface area contributed by atoms with Gasteiger partial charge in [-0.25, -0.2) is 4.39 Å². The van der Waals surface area contributed by atoms with E-state index in [1.165, 1.54) is 0 Å². The number of hydrogen-bond acceptors (Lipinski definition) is 2. The molecule has 0 heterocycles. The highest BCUT2D eigenvalue weighted by atomic mass is 19.1. The Labute approximate surface area is 49.7 Å². The van der Waals surface area contributed by atoms with Gasteiger partial charge in [0.2, 0.25) is 0 Å². The number of nitrogens with one attached hydrogen (secondary N) is 1. The second kappa shape index (κ2) is 15.8. The molecule has 52 valence electrons. The molecule has 3 heteroatoms. The summed E-state index contributed by atoms with van der Waals surface area (Å²) in [6, 6.07) is 0. The minimum Gasteiger partial charge on any atom is -0.395 e. The standard InChI is InChI=1S/C3H8FNO.C2H6/c4-3-5-1-2-6;1-2/h5-6H,1-3H2;1-2H3. The summed E-state index contributed by atoms with van der Waals surface area (Å²) in [4.78, 5) is 0. The SMILES string of the molecule is CC.OCCNCF. The molecule has 0 unspecified atom stereocenters. The third-order valence-corrected chi connectivity index (χ3v) is 0.383. The van der Waals surface area contributed by atoms with Crippen molar-refractivity contribution in [2.75, 3.05) is 20.0 Å². The maximum absolute atomic E-state index is 11.0. The third kappa shape index (κ3) is 16.9. The Morgan fingerprint density at radius 2 is 2.00 bits per heavy atom. The molecule has 2 N–H and O–H groups in total. The van der Waals surface area contributed by atoms with Gasteiger partial charge in [0.1, 0.15) is 6.80 Å². The predicted octanol–water partition coefficient (Wildman–Crippen LogP) is 0.522. The van der Waals surface area contributed by atoms with Crippen LogP contribution in [0.25, 0.3) is 0 Å². The first kappa shape index (κ1) is 10.8. The molecule has 0 aliphatic heterocycles. The first-order valence-corrected chi connectivity index (χ1v) is 2.79. The molecule has 0 aromatic rings. The Morgan fingerprint density at radius 3 is 2.12 bits per heavy atom. The van der Waals surface area contributed by atoms with Crippen LogP contribution in [0.5, 0.6) is 0 Å². The fourth-order valence-corrected chi connectivity index (χ4v) is 0.146. The maximum Gasteiger partial charge on any atom is 0.140 e. The number of aliphatic hydroxyl groups is 1. The summed E-state index contributed by atoms with van der Waals surface area (Å²) < 4.78 is 11.0. The van der Waals surface area contributed by atoms with Crippen molar-refractivity contribution in [3.8, 4) is 0 Å². The second-order valence-corrected chi connectivity index (χ2v) is 0.857. The van der Waals surface area contributed by atoms with Gasteiger partial charge in [-0.15, -0.1) is 0 Å². The van der Waals surface area contributed by atoms with Crippen LogP contribution in [0, 0.1) is 0 Å². The van der Waals surface area contributed by atoms with Crippen LogP contribution < -0.4 is 5.32 Å². The van der Waals surface area contributed by atoms with E-state index in [9.17, 15) is 4.39 Å². The van der Waals surface area contributed by atoms with E-state index in [1.807, 2.05) is 13.8 Å². The average molecular weight is 123 g/mol. The minimum atomic E-state index is -0.555. The van der Waals surface area contributed by atoms with Gasteiger partial charge in [0.25, 0.3) is 0 Å². The van der Waals surface area contributed by atoms with E-state index < -0.39 is 6.80 Å². The van der Waals surface area contributed by atoms with Gasteiger partial charge in [-0.2, -0.15) is 0 Å². The maximum atomic E-state index is 11.0. The van der Waals surface area contributed by atoms with E-state index in [4.69, 9.17) is 5.11 Å². The van der Waals surface area contributed by atoms with Gasteiger partial charge in [-0.3, -0.25) is 5.32 Å². The molecule has 0 radical (unpaired) electrons. The number of hydrogen-bond donors (Lipinski definition) is 2. The second-order valence-electron chi connectivity index (χ2n) is 0.857. The first-order valence-electron chi connectivity index (χ1n) is 2.79. The van der Waals surface area contributed by atoms with Gasteiger partial charge in [0.05, 0.1) is 6.61 Å². The zero-order chi connectivity index (χ0) is 6.83. The molecule has 0 saturated carbocycles. The van der Waals surface area contributed by atoms with Gasteiger partial charge in [0.15, 0.2) is 0 Å². The molecule has 8 heavy (non-hydrogen) atoms. The molecule has 0 fully saturated rings. The van der Waals surface area contributed by atoms with Crippen LogP contribution in [0.4, 0.5) is 4.39 Å². The van der Waals surface area contributed by atoms with Crippen molar-refractivity contribution in [1.29, 1.82) is 0 Å². The highest BCUT2D eigenvalue weighted by Crippen LogP contribution is 1.55. The Kier molecular flexibility index (Phi) is 21.3. The van der Waals surface area contributed by atoms with Crippen molar-refractivity contribution in [2.24, 2.45) is 0 Å². The normalized spacial score (nSPS) is 7.50. The van der Waals surface area contributed by atoms with Crippen molar-refractivity contribution >= 4 is 0 Å². The van der Waals surface area contributed by atoms with E-state index >= 15 is 0 Å². The molecule has 0 aromatic heterocycles. The van der Waals surface area contributed by atoms with E-state index in [-0.39, 0.29) is 6.61 Å². The van der Waals surface area contributed by atoms with Gasteiger partial charge in [0, 0.05) is 6.54 Å². The monoisotopic (exact) mass is 123 g/mol. The molecule has 0 saturated heterocycles. The van der Waals surface area contributed by atoms with E-state index in [0.717, 1.165) is 0 Å². The van der Waals surface area contributed by atoms with Crippen LogP contribution in [0.3, 0.4) is 0 Å². The van der Waals surface area contributed by atoms with Crippen LogP contribution in [0.15, 0.2) is 0 Å². The van der Waals surface area contributed by atoms with Crippen molar-refractivity contribution in [2.45, 2.75) is 13.8 Å². The Hall–Kier alpha value is -0.150. The lowest BCUT2D eigenvalue weighted by molar-refractivity contribution is 0.280. The molecular weight excluding hydrogens is 109 g/mol. The van der Waals surface area contributed by atoms with Crippen LogP contribution in [0.1, 0.15) is 13.8 Å². The van der Waals surface area contributed by atoms with E-state index in [2.05, 4.69) is 5.32 Å². The summed E-state index contributed by atoms with van der Waals surface area (Å²) in [7, 11) is 0. The topological polar surface area (TPSA) is 32.3 Å². The molecule has 0 rings (SSSR count). The van der Waals surface area contributed by atoms with Gasteiger partial charge >= 0.3 is 0 Å². The summed E-state index contributed by atoms with van der Waals surface area (Å²) in [5.41, 5.74) is 0. The van der Waals surface area contributed by atoms with Gasteiger partial charge < -0.3 is 5.11 Å². The minimum absolute atomic E-state index is 0.00389. The highest BCUT2D eigenvalue weighted by Gasteiger charge is 1.74. The van der Waals surface area contributed by atoms with Crippen molar-refractivity contribution < 1.29 is 9.50 Å². The van der Waals surface area contributed by atoms with Gasteiger partial charge in [-0.1, -0.05) is 13.8 Å². The van der Waals surface area contributed by atoms with E-state index in [1.54, 1.807) is 0 Å². The smallest absolute Gasteiger partial charge is 0.140 e. The van der Waals surface area contributed by atoms with Crippen LogP contribution >= 0.6 is 0 Å². The molecule has 0 amide bonds. The Balaban J connectivity index is 0. The van der Waals surface area contributed by atoms with Crippen molar-refractivity contribution in [1.82, 2.24) is 5.32 Å². The average Bonchev–Trinajstić information content (AvgIpc) is 1.88. The summed E-state index contributed by atoms with van der Waals surface area (Å²) >= 11 is 0. The summed E-state index contributed by atoms with van der Waals surface area (Å²) in [6.07, 6.45) is 0. The lowest BCUT2D eigenvalue weighted by atomic mass is 10.7. The lowest BCUT2D eigenvalue weighted by Crippen LogP contribution is -2.15. The number of aliphatic hydroxyl groups excluding tert-OH is 1. The van der Waals surface area contributed by atoms with Gasteiger partial charge in [-0.05, 0) is 0 Å². The van der Waals surface area contributed by atoms with Crippen molar-refractivity contribution in [3.05, 3.63) is 0 Å². The van der Waals surface area contributed by atoms with E-state index in [0.29, 0.717) is 6.54 Å². The first-order chi connectivity index (χ1) is 3.91. The largest absolute Gasteiger partial charge is 0.395 e. The fourth-order valence-electron chi connectivity index (χ4n) is 0.146. The molecule has 0 aliphatic rings. The van der Waals surface area contributed by atoms with Crippen LogP contribution in [-0.2, 0) is 0 Å². The fraction of sp³-hybridized carbons (Fsp3) is 1.00. The molecule has 2 nitrogen and oxygen atoms in total. The summed E-state index contributed by atoms with van der Waals surface area (Å²) in [5, 5.41) is 10.2.